The average molecular weight is 478 g/mol. The predicted octanol–water partition coefficient (Wildman–Crippen LogP) is 6.79. The molecule has 3 atom stereocenters. The van der Waals surface area contributed by atoms with E-state index in [0.29, 0.717) is 6.61 Å². The zero-order valence-electron chi connectivity index (χ0n) is 20.7. The summed E-state index contributed by atoms with van der Waals surface area (Å²) in [6, 6.07) is 38.1. The molecule has 1 aliphatic rings. The molecule has 1 heterocycles. The van der Waals surface area contributed by atoms with Crippen molar-refractivity contribution in [2.45, 2.75) is 38.3 Å². The fourth-order valence-corrected chi connectivity index (χ4v) is 5.05. The molecule has 4 aromatic rings. The molecule has 0 saturated carbocycles. The van der Waals surface area contributed by atoms with Crippen LogP contribution in [0.15, 0.2) is 115 Å². The van der Waals surface area contributed by atoms with Gasteiger partial charge < -0.3 is 9.47 Å². The summed E-state index contributed by atoms with van der Waals surface area (Å²) < 4.78 is 12.5. The Balaban J connectivity index is 1.71. The Morgan fingerprint density at radius 1 is 0.778 bits per heavy atom. The third kappa shape index (κ3) is 4.83. The summed E-state index contributed by atoms with van der Waals surface area (Å²) >= 11 is 0. The van der Waals surface area contributed by atoms with E-state index in [9.17, 15) is 4.79 Å². The molecular weight excluding hydrogens is 446 g/mol. The second-order valence-corrected chi connectivity index (χ2v) is 9.10. The SMILES string of the molecule is CCOC(=O)C1C(c2ccc(C)cc2)OC(c2ccccc2)N1C(c1ccccc1)c1ccccc1. The number of carbonyl (C=O) groups excluding carboxylic acids is 1. The molecule has 182 valence electrons. The minimum atomic E-state index is -0.636. The fourth-order valence-electron chi connectivity index (χ4n) is 5.05. The number of nitrogens with zero attached hydrogens (tertiary/aromatic N) is 1. The molecule has 4 nitrogen and oxygen atoms in total. The summed E-state index contributed by atoms with van der Waals surface area (Å²) in [5.41, 5.74) is 5.30. The minimum absolute atomic E-state index is 0.220. The Morgan fingerprint density at radius 3 is 1.83 bits per heavy atom. The number of aryl methyl sites for hydroxylation is 1. The molecule has 4 aromatic carbocycles. The zero-order valence-corrected chi connectivity index (χ0v) is 20.7. The lowest BCUT2D eigenvalue weighted by molar-refractivity contribution is -0.150. The van der Waals surface area contributed by atoms with Gasteiger partial charge in [0.1, 0.15) is 18.4 Å². The molecule has 0 aromatic heterocycles. The molecule has 3 unspecified atom stereocenters. The van der Waals surface area contributed by atoms with Crippen LogP contribution in [-0.2, 0) is 14.3 Å². The van der Waals surface area contributed by atoms with Gasteiger partial charge in [-0.05, 0) is 36.1 Å². The maximum Gasteiger partial charge on any atom is 0.326 e. The summed E-state index contributed by atoms with van der Waals surface area (Å²) in [5, 5.41) is 0. The standard InChI is InChI=1S/C32H31NO3/c1-3-35-32(34)29-30(26-21-19-23(2)20-22-26)36-31(27-17-11-6-12-18-27)33(29)28(24-13-7-4-8-14-24)25-15-9-5-10-16-25/h4-22,28-31H,3H2,1-2H3. The predicted molar refractivity (Wildman–Crippen MR) is 141 cm³/mol. The van der Waals surface area contributed by atoms with Gasteiger partial charge in [0.25, 0.3) is 0 Å². The van der Waals surface area contributed by atoms with Gasteiger partial charge in [0.15, 0.2) is 0 Å². The van der Waals surface area contributed by atoms with Gasteiger partial charge >= 0.3 is 5.97 Å². The number of ether oxygens (including phenoxy) is 2. The maximum absolute atomic E-state index is 13.7. The highest BCUT2D eigenvalue weighted by molar-refractivity contribution is 5.77. The van der Waals surface area contributed by atoms with E-state index in [4.69, 9.17) is 9.47 Å². The van der Waals surface area contributed by atoms with E-state index in [0.717, 1.165) is 27.8 Å². The van der Waals surface area contributed by atoms with Crippen LogP contribution in [0.5, 0.6) is 0 Å². The lowest BCUT2D eigenvalue weighted by atomic mass is 9.93. The van der Waals surface area contributed by atoms with Gasteiger partial charge in [-0.2, -0.15) is 0 Å². The molecule has 5 rings (SSSR count). The average Bonchev–Trinajstić information content (AvgIpc) is 3.31. The highest BCUT2D eigenvalue weighted by Crippen LogP contribution is 2.49. The first-order valence-electron chi connectivity index (χ1n) is 12.5. The Morgan fingerprint density at radius 2 is 1.31 bits per heavy atom. The van der Waals surface area contributed by atoms with Gasteiger partial charge in [0.05, 0.1) is 12.6 Å². The van der Waals surface area contributed by atoms with E-state index in [1.54, 1.807) is 0 Å². The molecule has 0 radical (unpaired) electrons. The smallest absolute Gasteiger partial charge is 0.326 e. The van der Waals surface area contributed by atoms with Gasteiger partial charge in [-0.15, -0.1) is 0 Å². The van der Waals surface area contributed by atoms with Crippen molar-refractivity contribution in [2.75, 3.05) is 6.61 Å². The van der Waals surface area contributed by atoms with E-state index in [1.807, 2.05) is 61.5 Å². The van der Waals surface area contributed by atoms with Crippen molar-refractivity contribution in [2.24, 2.45) is 0 Å². The number of carbonyl (C=O) groups is 1. The third-order valence-corrected chi connectivity index (χ3v) is 6.70. The van der Waals surface area contributed by atoms with Crippen molar-refractivity contribution >= 4 is 5.97 Å². The van der Waals surface area contributed by atoms with Crippen molar-refractivity contribution in [3.8, 4) is 0 Å². The molecule has 36 heavy (non-hydrogen) atoms. The van der Waals surface area contributed by atoms with Crippen LogP contribution in [-0.4, -0.2) is 23.5 Å². The molecule has 0 aliphatic carbocycles. The number of esters is 1. The van der Waals surface area contributed by atoms with E-state index in [-0.39, 0.29) is 12.0 Å². The lowest BCUT2D eigenvalue weighted by Crippen LogP contribution is -2.43. The molecule has 0 bridgehead atoms. The largest absolute Gasteiger partial charge is 0.465 e. The zero-order chi connectivity index (χ0) is 24.9. The van der Waals surface area contributed by atoms with Crippen LogP contribution in [0, 0.1) is 6.92 Å². The minimum Gasteiger partial charge on any atom is -0.465 e. The lowest BCUT2D eigenvalue weighted by Gasteiger charge is -2.36. The van der Waals surface area contributed by atoms with Gasteiger partial charge in [-0.25, -0.2) is 4.90 Å². The first-order valence-corrected chi connectivity index (χ1v) is 12.5. The van der Waals surface area contributed by atoms with Crippen LogP contribution in [0.4, 0.5) is 0 Å². The van der Waals surface area contributed by atoms with Gasteiger partial charge in [-0.1, -0.05) is 121 Å². The van der Waals surface area contributed by atoms with Crippen LogP contribution < -0.4 is 0 Å². The van der Waals surface area contributed by atoms with Crippen LogP contribution in [0.1, 0.15) is 53.1 Å². The number of hydrogen-bond donors (Lipinski definition) is 0. The number of benzene rings is 4. The fraction of sp³-hybridized carbons (Fsp3) is 0.219. The number of hydrogen-bond acceptors (Lipinski definition) is 4. The summed E-state index contributed by atoms with van der Waals surface area (Å²) in [6.07, 6.45) is -0.929. The first kappa shape index (κ1) is 24.0. The monoisotopic (exact) mass is 477 g/mol. The molecular formula is C32H31NO3. The van der Waals surface area contributed by atoms with Gasteiger partial charge in [-0.3, -0.25) is 4.79 Å². The molecule has 0 amide bonds. The molecule has 1 saturated heterocycles. The third-order valence-electron chi connectivity index (χ3n) is 6.70. The van der Waals surface area contributed by atoms with Crippen LogP contribution >= 0.6 is 0 Å². The Hall–Kier alpha value is -3.73. The van der Waals surface area contributed by atoms with Gasteiger partial charge in [0.2, 0.25) is 0 Å². The van der Waals surface area contributed by atoms with Crippen LogP contribution in [0.25, 0.3) is 0 Å². The molecule has 1 aliphatic heterocycles. The van der Waals surface area contributed by atoms with E-state index >= 15 is 0 Å². The topological polar surface area (TPSA) is 38.8 Å². The van der Waals surface area contributed by atoms with Gasteiger partial charge in [0, 0.05) is 0 Å². The maximum atomic E-state index is 13.7. The van der Waals surface area contributed by atoms with E-state index in [2.05, 4.69) is 72.5 Å². The Labute approximate surface area is 213 Å². The summed E-state index contributed by atoms with van der Waals surface area (Å²) in [6.45, 7) is 4.21. The highest BCUT2D eigenvalue weighted by Gasteiger charge is 2.51. The second kappa shape index (κ2) is 10.9. The summed E-state index contributed by atoms with van der Waals surface area (Å²) in [7, 11) is 0. The summed E-state index contributed by atoms with van der Waals surface area (Å²) in [5.74, 6) is -0.279. The van der Waals surface area contributed by atoms with Crippen molar-refractivity contribution in [1.29, 1.82) is 0 Å². The molecule has 4 heteroatoms. The van der Waals surface area contributed by atoms with Crippen molar-refractivity contribution in [1.82, 2.24) is 4.90 Å². The molecule has 0 N–H and O–H groups in total. The number of rotatable bonds is 7. The van der Waals surface area contributed by atoms with Crippen molar-refractivity contribution in [3.63, 3.8) is 0 Å². The Kier molecular flexibility index (Phi) is 7.26. The van der Waals surface area contributed by atoms with Crippen molar-refractivity contribution < 1.29 is 14.3 Å². The highest BCUT2D eigenvalue weighted by atomic mass is 16.6. The molecule has 0 spiro atoms. The normalized spacial score (nSPS) is 19.9. The summed E-state index contributed by atoms with van der Waals surface area (Å²) in [4.78, 5) is 15.9. The van der Waals surface area contributed by atoms with Crippen molar-refractivity contribution in [3.05, 3.63) is 143 Å². The van der Waals surface area contributed by atoms with E-state index < -0.39 is 18.4 Å². The Bertz CT molecular complexity index is 1220. The quantitative estimate of drug-likeness (QED) is 0.275. The second-order valence-electron chi connectivity index (χ2n) is 9.10. The van der Waals surface area contributed by atoms with E-state index in [1.165, 1.54) is 0 Å². The molecule has 1 fully saturated rings. The first-order chi connectivity index (χ1) is 17.7. The van der Waals surface area contributed by atoms with Crippen LogP contribution in [0.2, 0.25) is 0 Å². The van der Waals surface area contributed by atoms with Crippen LogP contribution in [0.3, 0.4) is 0 Å².